The summed E-state index contributed by atoms with van der Waals surface area (Å²) in [4.78, 5) is 43.9. The molecule has 3 aromatic rings. The molecule has 208 valence electrons. The van der Waals surface area contributed by atoms with Gasteiger partial charge < -0.3 is 0 Å². The van der Waals surface area contributed by atoms with Crippen molar-refractivity contribution in [2.75, 3.05) is 0 Å². The third-order valence-electron chi connectivity index (χ3n) is 10.0. The van der Waals surface area contributed by atoms with E-state index in [0.29, 0.717) is 47.6 Å². The molecule has 1 aromatic carbocycles. The molecule has 41 heavy (non-hydrogen) atoms. The third-order valence-corrected chi connectivity index (χ3v) is 10.0. The van der Waals surface area contributed by atoms with Gasteiger partial charge in [0.25, 0.3) is 5.91 Å². The van der Waals surface area contributed by atoms with Crippen LogP contribution in [0.15, 0.2) is 78.3 Å². The van der Waals surface area contributed by atoms with Crippen molar-refractivity contribution in [3.63, 3.8) is 0 Å². The van der Waals surface area contributed by atoms with Gasteiger partial charge in [-0.15, -0.1) is 0 Å². The van der Waals surface area contributed by atoms with E-state index in [1.807, 2.05) is 29.2 Å². The van der Waals surface area contributed by atoms with E-state index in [0.717, 1.165) is 17.5 Å². The first-order chi connectivity index (χ1) is 19.7. The minimum Gasteiger partial charge on any atom is -0.295 e. The number of nitriles is 1. The van der Waals surface area contributed by atoms with Gasteiger partial charge in [0.15, 0.2) is 5.78 Å². The second-order valence-corrected chi connectivity index (χ2v) is 12.6. The first kappa shape index (κ1) is 27.0. The predicted octanol–water partition coefficient (Wildman–Crippen LogP) is 5.46. The van der Waals surface area contributed by atoms with E-state index in [4.69, 9.17) is 4.99 Å². The molecule has 4 atom stereocenters. The van der Waals surface area contributed by atoms with Crippen LogP contribution in [-0.2, 0) is 17.6 Å². The van der Waals surface area contributed by atoms with Gasteiger partial charge in [0, 0.05) is 49.2 Å². The molecule has 0 saturated heterocycles. The van der Waals surface area contributed by atoms with Crippen molar-refractivity contribution in [3.8, 4) is 6.07 Å². The van der Waals surface area contributed by atoms with Gasteiger partial charge >= 0.3 is 0 Å². The lowest BCUT2D eigenvalue weighted by Crippen LogP contribution is -2.63. The Balaban J connectivity index is 1.41. The molecule has 2 aromatic heterocycles. The number of aromatic nitrogens is 2. The molecule has 0 spiro atoms. The zero-order valence-corrected chi connectivity index (χ0v) is 23.8. The van der Waals surface area contributed by atoms with E-state index in [1.165, 1.54) is 6.42 Å². The molecule has 1 aliphatic heterocycles. The second kappa shape index (κ2) is 10.3. The predicted molar refractivity (Wildman–Crippen MR) is 156 cm³/mol. The molecule has 3 fully saturated rings. The van der Waals surface area contributed by atoms with Gasteiger partial charge in [-0.25, -0.2) is 0 Å². The van der Waals surface area contributed by atoms with E-state index in [1.54, 1.807) is 49.1 Å². The van der Waals surface area contributed by atoms with Gasteiger partial charge in [0.05, 0.1) is 18.1 Å². The fraction of sp³-hybridized carbons (Fsp3) is 0.412. The SMILES string of the molecule is CC1C(N2C(=O)C(Cc3ccncc3)(Cc3ccncc3)N=C2CC(=O)c2ccc(C#N)cc2)CC2CC1C2(C)C. The Kier molecular flexibility index (Phi) is 6.81. The number of amidine groups is 1. The summed E-state index contributed by atoms with van der Waals surface area (Å²) in [5.74, 6) is 1.81. The average Bonchev–Trinajstić information content (AvgIpc) is 3.23. The molecule has 1 amide bonds. The van der Waals surface area contributed by atoms with Crippen molar-refractivity contribution >= 4 is 17.5 Å². The molecule has 3 aliphatic carbocycles. The van der Waals surface area contributed by atoms with Gasteiger partial charge in [-0.2, -0.15) is 5.26 Å². The summed E-state index contributed by atoms with van der Waals surface area (Å²) < 4.78 is 0. The summed E-state index contributed by atoms with van der Waals surface area (Å²) in [5.41, 5.74) is 2.17. The quantitative estimate of drug-likeness (QED) is 0.350. The van der Waals surface area contributed by atoms with Crippen molar-refractivity contribution < 1.29 is 9.59 Å². The summed E-state index contributed by atoms with van der Waals surface area (Å²) in [6.07, 6.45) is 9.95. The van der Waals surface area contributed by atoms with E-state index in [2.05, 4.69) is 36.8 Å². The van der Waals surface area contributed by atoms with Gasteiger partial charge in [-0.05, 0) is 83.5 Å². The molecular weight excluding hydrogens is 510 g/mol. The number of Topliss-reactive ketones (excluding diaryl/α,β-unsaturated/α-hetero) is 1. The zero-order valence-electron chi connectivity index (χ0n) is 23.8. The number of hydrogen-bond donors (Lipinski definition) is 0. The largest absolute Gasteiger partial charge is 0.295 e. The zero-order chi connectivity index (χ0) is 28.8. The fourth-order valence-electron chi connectivity index (χ4n) is 7.57. The summed E-state index contributed by atoms with van der Waals surface area (Å²) in [7, 11) is 0. The highest BCUT2D eigenvalue weighted by Crippen LogP contribution is 2.62. The van der Waals surface area contributed by atoms with Crippen molar-refractivity contribution in [2.45, 2.75) is 64.5 Å². The highest BCUT2D eigenvalue weighted by atomic mass is 16.2. The number of rotatable bonds is 8. The van der Waals surface area contributed by atoms with Crippen LogP contribution in [0, 0.1) is 34.5 Å². The number of benzene rings is 1. The number of carbonyl (C=O) groups is 2. The lowest BCUT2D eigenvalue weighted by Gasteiger charge is -2.63. The van der Waals surface area contributed by atoms with Crippen LogP contribution in [-0.4, -0.2) is 44.0 Å². The van der Waals surface area contributed by atoms with Crippen LogP contribution in [0.25, 0.3) is 0 Å². The van der Waals surface area contributed by atoms with Crippen molar-refractivity contribution in [1.29, 1.82) is 5.26 Å². The second-order valence-electron chi connectivity index (χ2n) is 12.6. The molecule has 7 heteroatoms. The number of pyridine rings is 2. The molecule has 3 saturated carbocycles. The van der Waals surface area contributed by atoms with E-state index < -0.39 is 5.54 Å². The molecule has 0 radical (unpaired) electrons. The van der Waals surface area contributed by atoms with Gasteiger partial charge in [-0.1, -0.05) is 32.9 Å². The van der Waals surface area contributed by atoms with Crippen LogP contribution in [0.2, 0.25) is 0 Å². The molecule has 4 aliphatic rings. The van der Waals surface area contributed by atoms with Crippen molar-refractivity contribution in [2.24, 2.45) is 28.2 Å². The summed E-state index contributed by atoms with van der Waals surface area (Å²) in [6.45, 7) is 6.97. The third kappa shape index (κ3) is 4.76. The minimum atomic E-state index is -1.07. The molecule has 7 rings (SSSR count). The number of fused-ring (bicyclic) bond motifs is 2. The van der Waals surface area contributed by atoms with Crippen molar-refractivity contribution in [1.82, 2.24) is 14.9 Å². The van der Waals surface area contributed by atoms with Gasteiger partial charge in [0.2, 0.25) is 0 Å². The van der Waals surface area contributed by atoms with Crippen LogP contribution in [0.1, 0.15) is 67.1 Å². The summed E-state index contributed by atoms with van der Waals surface area (Å²) in [6, 6.07) is 16.5. The molecule has 0 N–H and O–H groups in total. The Bertz CT molecular complexity index is 1480. The van der Waals surface area contributed by atoms with Gasteiger partial charge in [0.1, 0.15) is 11.4 Å². The van der Waals surface area contributed by atoms with Crippen LogP contribution < -0.4 is 0 Å². The van der Waals surface area contributed by atoms with Crippen molar-refractivity contribution in [3.05, 3.63) is 95.6 Å². The first-order valence-corrected chi connectivity index (χ1v) is 14.5. The summed E-state index contributed by atoms with van der Waals surface area (Å²) in [5, 5.41) is 9.19. The Morgan fingerprint density at radius 1 is 0.951 bits per heavy atom. The molecule has 2 bridgehead atoms. The van der Waals surface area contributed by atoms with Crippen LogP contribution in [0.5, 0.6) is 0 Å². The van der Waals surface area contributed by atoms with E-state index in [-0.39, 0.29) is 29.6 Å². The Morgan fingerprint density at radius 3 is 2.05 bits per heavy atom. The molecule has 7 nitrogen and oxygen atoms in total. The Labute approximate surface area is 241 Å². The molecule has 3 heterocycles. The van der Waals surface area contributed by atoms with E-state index in [9.17, 15) is 14.9 Å². The maximum absolute atomic E-state index is 14.8. The van der Waals surface area contributed by atoms with Crippen LogP contribution in [0.3, 0.4) is 0 Å². The number of hydrogen-bond acceptors (Lipinski definition) is 6. The van der Waals surface area contributed by atoms with Crippen LogP contribution in [0.4, 0.5) is 0 Å². The number of aliphatic imine (C=N–C) groups is 1. The fourth-order valence-corrected chi connectivity index (χ4v) is 7.57. The highest BCUT2D eigenvalue weighted by Gasteiger charge is 2.60. The standard InChI is InChI=1S/C34H35N5O2/c1-22-28-16-27(33(28,2)3)17-29(22)39-31(18-30(40)26-6-4-25(21-35)5-7-26)38-34(32(39)41,19-23-8-12-36-13-9-23)20-24-10-14-37-15-11-24/h4-15,22,27-29H,16-20H2,1-3H3. The van der Waals surface area contributed by atoms with E-state index >= 15 is 0 Å². The number of amides is 1. The molecular formula is C34H35N5O2. The van der Waals surface area contributed by atoms with Gasteiger partial charge in [-0.3, -0.25) is 29.4 Å². The molecule has 4 unspecified atom stereocenters. The monoisotopic (exact) mass is 545 g/mol. The summed E-state index contributed by atoms with van der Waals surface area (Å²) >= 11 is 0. The number of carbonyl (C=O) groups excluding carboxylic acids is 2. The maximum Gasteiger partial charge on any atom is 0.256 e. The average molecular weight is 546 g/mol. The Hall–Kier alpha value is -4.18. The first-order valence-electron chi connectivity index (χ1n) is 14.5. The lowest BCUT2D eigenvalue weighted by atomic mass is 9.44. The number of nitrogens with zero attached hydrogens (tertiary/aromatic N) is 5. The van der Waals surface area contributed by atoms with Crippen LogP contribution >= 0.6 is 0 Å². The lowest BCUT2D eigenvalue weighted by molar-refractivity contribution is -0.151. The normalized spacial score (nSPS) is 25.7. The smallest absolute Gasteiger partial charge is 0.256 e. The maximum atomic E-state index is 14.8. The highest BCUT2D eigenvalue weighted by molar-refractivity contribution is 6.17. The Morgan fingerprint density at radius 2 is 1.54 bits per heavy atom. The minimum absolute atomic E-state index is 0.00328. The topological polar surface area (TPSA) is 99.3 Å². The number of ketones is 1.